The number of fused-ring (bicyclic) bond motifs is 1. The highest BCUT2D eigenvalue weighted by Crippen LogP contribution is 2.33. The van der Waals surface area contributed by atoms with Crippen LogP contribution in [0.4, 0.5) is 0 Å². The van der Waals surface area contributed by atoms with Crippen molar-refractivity contribution in [3.63, 3.8) is 0 Å². The molecule has 2 N–H and O–H groups in total. The van der Waals surface area contributed by atoms with E-state index >= 15 is 0 Å². The third kappa shape index (κ3) is 2.08. The molecule has 2 aromatic rings. The molecule has 0 amide bonds. The van der Waals surface area contributed by atoms with E-state index in [1.807, 2.05) is 0 Å². The van der Waals surface area contributed by atoms with Gasteiger partial charge in [0.2, 0.25) is 0 Å². The Morgan fingerprint density at radius 1 is 1.32 bits per heavy atom. The van der Waals surface area contributed by atoms with E-state index in [0.29, 0.717) is 0 Å². The zero-order valence-electron chi connectivity index (χ0n) is 11.6. The number of hydrogen-bond donors (Lipinski definition) is 1. The summed E-state index contributed by atoms with van der Waals surface area (Å²) < 4.78 is 2.18. The molecule has 0 saturated carbocycles. The van der Waals surface area contributed by atoms with E-state index < -0.39 is 0 Å². The van der Waals surface area contributed by atoms with E-state index in [-0.39, 0.29) is 12.1 Å². The molecule has 3 heteroatoms. The Bertz CT molecular complexity index is 571. The van der Waals surface area contributed by atoms with Crippen LogP contribution in [0.2, 0.25) is 0 Å². The molecule has 1 aromatic heterocycles. The Balaban J connectivity index is 2.05. The largest absolute Gasteiger partial charge is 0.324 e. The van der Waals surface area contributed by atoms with Crippen LogP contribution >= 0.6 is 0 Å². The van der Waals surface area contributed by atoms with E-state index in [4.69, 9.17) is 10.8 Å². The second kappa shape index (κ2) is 4.82. The minimum Gasteiger partial charge on any atom is -0.324 e. The third-order valence-electron chi connectivity index (χ3n) is 4.18. The van der Waals surface area contributed by atoms with Gasteiger partial charge in [-0.15, -0.1) is 0 Å². The van der Waals surface area contributed by atoms with Gasteiger partial charge in [-0.05, 0) is 38.7 Å². The first-order valence-corrected chi connectivity index (χ1v) is 7.07. The van der Waals surface area contributed by atoms with Crippen molar-refractivity contribution in [2.75, 3.05) is 0 Å². The first-order chi connectivity index (χ1) is 9.18. The molecule has 0 fully saturated rings. The number of aryl methyl sites for hydroxylation is 1. The van der Waals surface area contributed by atoms with Gasteiger partial charge in [0, 0.05) is 17.3 Å². The summed E-state index contributed by atoms with van der Waals surface area (Å²) in [5.74, 6) is 0. The molecule has 2 atom stereocenters. The standard InChI is InChI=1S/C16H21N3/c1-11-16-14(17)9-6-10-15(16)19(18-11)12(2)13-7-4-3-5-8-13/h3-5,7-8,12,14H,6,9-10,17H2,1-2H3. The van der Waals surface area contributed by atoms with Gasteiger partial charge < -0.3 is 5.73 Å². The summed E-state index contributed by atoms with van der Waals surface area (Å²) in [5.41, 5.74) is 11.3. The number of benzene rings is 1. The Morgan fingerprint density at radius 2 is 2.05 bits per heavy atom. The lowest BCUT2D eigenvalue weighted by molar-refractivity contribution is 0.498. The molecule has 1 aromatic carbocycles. The van der Waals surface area contributed by atoms with Gasteiger partial charge in [0.25, 0.3) is 0 Å². The summed E-state index contributed by atoms with van der Waals surface area (Å²) in [5, 5.41) is 4.76. The number of nitrogens with zero attached hydrogens (tertiary/aromatic N) is 2. The van der Waals surface area contributed by atoms with Crippen LogP contribution in [0.3, 0.4) is 0 Å². The predicted molar refractivity (Wildman–Crippen MR) is 77.1 cm³/mol. The SMILES string of the molecule is Cc1nn(C(C)c2ccccc2)c2c1C(N)CCC2. The predicted octanol–water partition coefficient (Wildman–Crippen LogP) is 3.14. The molecule has 1 heterocycles. The van der Waals surface area contributed by atoms with Crippen LogP contribution in [-0.4, -0.2) is 9.78 Å². The maximum atomic E-state index is 6.25. The van der Waals surface area contributed by atoms with Gasteiger partial charge in [0.1, 0.15) is 0 Å². The molecule has 0 radical (unpaired) electrons. The van der Waals surface area contributed by atoms with Crippen LogP contribution in [0.15, 0.2) is 30.3 Å². The van der Waals surface area contributed by atoms with Gasteiger partial charge in [-0.25, -0.2) is 0 Å². The molecule has 0 aliphatic heterocycles. The van der Waals surface area contributed by atoms with Crippen molar-refractivity contribution in [1.82, 2.24) is 9.78 Å². The molecule has 0 bridgehead atoms. The second-order valence-corrected chi connectivity index (χ2v) is 5.48. The van der Waals surface area contributed by atoms with Crippen molar-refractivity contribution < 1.29 is 0 Å². The second-order valence-electron chi connectivity index (χ2n) is 5.48. The molecule has 2 unspecified atom stereocenters. The fraction of sp³-hybridized carbons (Fsp3) is 0.438. The van der Waals surface area contributed by atoms with Crippen molar-refractivity contribution in [1.29, 1.82) is 0 Å². The van der Waals surface area contributed by atoms with E-state index in [2.05, 4.69) is 48.9 Å². The molecule has 100 valence electrons. The van der Waals surface area contributed by atoms with Crippen LogP contribution in [-0.2, 0) is 6.42 Å². The van der Waals surface area contributed by atoms with E-state index in [0.717, 1.165) is 18.5 Å². The zero-order valence-corrected chi connectivity index (χ0v) is 11.6. The summed E-state index contributed by atoms with van der Waals surface area (Å²) in [6.07, 6.45) is 3.35. The van der Waals surface area contributed by atoms with Crippen molar-refractivity contribution >= 4 is 0 Å². The lowest BCUT2D eigenvalue weighted by Gasteiger charge is -2.22. The van der Waals surface area contributed by atoms with Crippen LogP contribution in [0.5, 0.6) is 0 Å². The highest BCUT2D eigenvalue weighted by molar-refractivity contribution is 5.33. The van der Waals surface area contributed by atoms with Gasteiger partial charge >= 0.3 is 0 Å². The Kier molecular flexibility index (Phi) is 3.15. The molecule has 3 rings (SSSR count). The zero-order chi connectivity index (χ0) is 13.4. The lowest BCUT2D eigenvalue weighted by Crippen LogP contribution is -2.20. The van der Waals surface area contributed by atoms with Gasteiger partial charge in [-0.1, -0.05) is 30.3 Å². The fourth-order valence-electron chi connectivity index (χ4n) is 3.17. The normalized spacial score (nSPS) is 20.1. The Morgan fingerprint density at radius 3 is 2.79 bits per heavy atom. The average Bonchev–Trinajstić information content (AvgIpc) is 2.78. The maximum Gasteiger partial charge on any atom is 0.0743 e. The van der Waals surface area contributed by atoms with E-state index in [1.165, 1.54) is 23.2 Å². The molecular formula is C16H21N3. The smallest absolute Gasteiger partial charge is 0.0743 e. The summed E-state index contributed by atoms with van der Waals surface area (Å²) in [6, 6.07) is 11.0. The molecule has 19 heavy (non-hydrogen) atoms. The average molecular weight is 255 g/mol. The fourth-order valence-corrected chi connectivity index (χ4v) is 3.17. The molecular weight excluding hydrogens is 234 g/mol. The number of hydrogen-bond acceptors (Lipinski definition) is 2. The third-order valence-corrected chi connectivity index (χ3v) is 4.18. The number of nitrogens with two attached hydrogens (primary N) is 1. The van der Waals surface area contributed by atoms with Crippen LogP contribution in [0.1, 0.15) is 54.4 Å². The van der Waals surface area contributed by atoms with E-state index in [1.54, 1.807) is 0 Å². The molecule has 0 saturated heterocycles. The lowest BCUT2D eigenvalue weighted by atomic mass is 9.91. The summed E-state index contributed by atoms with van der Waals surface area (Å²) in [4.78, 5) is 0. The summed E-state index contributed by atoms with van der Waals surface area (Å²) >= 11 is 0. The van der Waals surface area contributed by atoms with Crippen molar-refractivity contribution in [3.8, 4) is 0 Å². The topological polar surface area (TPSA) is 43.8 Å². The highest BCUT2D eigenvalue weighted by Gasteiger charge is 2.26. The quantitative estimate of drug-likeness (QED) is 0.896. The molecule has 1 aliphatic carbocycles. The Labute approximate surface area is 114 Å². The minimum atomic E-state index is 0.167. The summed E-state index contributed by atoms with van der Waals surface area (Å²) in [7, 11) is 0. The monoisotopic (exact) mass is 255 g/mol. The molecule has 1 aliphatic rings. The number of rotatable bonds is 2. The maximum absolute atomic E-state index is 6.25. The minimum absolute atomic E-state index is 0.167. The van der Waals surface area contributed by atoms with Crippen molar-refractivity contribution in [2.24, 2.45) is 5.73 Å². The molecule has 3 nitrogen and oxygen atoms in total. The first-order valence-electron chi connectivity index (χ1n) is 7.07. The van der Waals surface area contributed by atoms with Crippen LogP contribution in [0.25, 0.3) is 0 Å². The van der Waals surface area contributed by atoms with Gasteiger partial charge in [0.15, 0.2) is 0 Å². The van der Waals surface area contributed by atoms with E-state index in [9.17, 15) is 0 Å². The van der Waals surface area contributed by atoms with Crippen molar-refractivity contribution in [3.05, 3.63) is 52.8 Å². The highest BCUT2D eigenvalue weighted by atomic mass is 15.3. The summed E-state index contributed by atoms with van der Waals surface area (Å²) in [6.45, 7) is 4.29. The molecule has 0 spiro atoms. The Hall–Kier alpha value is -1.61. The van der Waals surface area contributed by atoms with Crippen LogP contribution < -0.4 is 5.73 Å². The van der Waals surface area contributed by atoms with Gasteiger partial charge in [0.05, 0.1) is 11.7 Å². The first kappa shape index (κ1) is 12.4. The van der Waals surface area contributed by atoms with Crippen LogP contribution in [0, 0.1) is 6.92 Å². The number of aromatic nitrogens is 2. The van der Waals surface area contributed by atoms with Gasteiger partial charge in [-0.2, -0.15) is 5.10 Å². The van der Waals surface area contributed by atoms with Crippen molar-refractivity contribution in [2.45, 2.75) is 45.2 Å². The van der Waals surface area contributed by atoms with Gasteiger partial charge in [-0.3, -0.25) is 4.68 Å².